The molecule has 108 valence electrons. The monoisotopic (exact) mass is 337 g/mol. The first-order chi connectivity index (χ1) is 9.70. The molecular weight excluding hydrogens is 318 g/mol. The molecule has 0 radical (unpaired) electrons. The number of aromatic nitrogens is 2. The Morgan fingerprint density at radius 1 is 1.35 bits per heavy atom. The summed E-state index contributed by atoms with van der Waals surface area (Å²) >= 11 is 3.56. The Labute approximate surface area is 128 Å². The summed E-state index contributed by atoms with van der Waals surface area (Å²) in [5, 5.41) is 10.5. The molecule has 0 saturated heterocycles. The highest BCUT2D eigenvalue weighted by molar-refractivity contribution is 9.10. The van der Waals surface area contributed by atoms with Crippen molar-refractivity contribution in [2.75, 3.05) is 13.7 Å². The second kappa shape index (κ2) is 7.45. The molecule has 0 aliphatic rings. The van der Waals surface area contributed by atoms with Crippen LogP contribution in [0.1, 0.15) is 23.2 Å². The fourth-order valence-corrected chi connectivity index (χ4v) is 2.45. The zero-order chi connectivity index (χ0) is 14.4. The van der Waals surface area contributed by atoms with E-state index in [9.17, 15) is 0 Å². The van der Waals surface area contributed by atoms with Gasteiger partial charge in [-0.3, -0.25) is 5.10 Å². The van der Waals surface area contributed by atoms with Gasteiger partial charge in [0.1, 0.15) is 5.75 Å². The molecule has 1 heterocycles. The quantitative estimate of drug-likeness (QED) is 0.762. The molecule has 0 bridgehead atoms. The molecule has 0 unspecified atom stereocenters. The zero-order valence-electron chi connectivity index (χ0n) is 11.9. The fourth-order valence-electron chi connectivity index (χ4n) is 2.07. The van der Waals surface area contributed by atoms with Gasteiger partial charge in [-0.1, -0.05) is 15.9 Å². The number of halogens is 1. The van der Waals surface area contributed by atoms with Crippen LogP contribution in [0, 0.1) is 6.92 Å². The summed E-state index contributed by atoms with van der Waals surface area (Å²) in [6.07, 6.45) is 4.06. The number of H-pyrrole nitrogens is 1. The van der Waals surface area contributed by atoms with E-state index in [-0.39, 0.29) is 0 Å². The van der Waals surface area contributed by atoms with Gasteiger partial charge in [-0.05, 0) is 55.6 Å². The van der Waals surface area contributed by atoms with Crippen molar-refractivity contribution in [3.05, 3.63) is 45.7 Å². The highest BCUT2D eigenvalue weighted by Gasteiger charge is 2.03. The second-order valence-corrected chi connectivity index (χ2v) is 5.61. The molecule has 0 fully saturated rings. The predicted octanol–water partition coefficient (Wildman–Crippen LogP) is 3.21. The van der Waals surface area contributed by atoms with Gasteiger partial charge in [-0.15, -0.1) is 0 Å². The van der Waals surface area contributed by atoms with Crippen LogP contribution in [0.2, 0.25) is 0 Å². The van der Waals surface area contributed by atoms with E-state index in [2.05, 4.69) is 44.4 Å². The number of benzene rings is 1. The van der Waals surface area contributed by atoms with Gasteiger partial charge in [0.05, 0.1) is 13.3 Å². The Kier molecular flexibility index (Phi) is 5.61. The molecule has 2 aromatic rings. The first-order valence-electron chi connectivity index (χ1n) is 6.72. The molecule has 20 heavy (non-hydrogen) atoms. The van der Waals surface area contributed by atoms with E-state index >= 15 is 0 Å². The van der Waals surface area contributed by atoms with Gasteiger partial charge >= 0.3 is 0 Å². The van der Waals surface area contributed by atoms with Crippen LogP contribution < -0.4 is 10.1 Å². The number of ether oxygens (including phenoxy) is 1. The van der Waals surface area contributed by atoms with Crippen LogP contribution in [0.3, 0.4) is 0 Å². The number of aryl methyl sites for hydroxylation is 2. The van der Waals surface area contributed by atoms with Gasteiger partial charge < -0.3 is 10.1 Å². The van der Waals surface area contributed by atoms with Crippen LogP contribution in [-0.2, 0) is 13.0 Å². The van der Waals surface area contributed by atoms with E-state index in [1.807, 2.05) is 18.3 Å². The minimum absolute atomic E-state index is 0.835. The van der Waals surface area contributed by atoms with Gasteiger partial charge in [0.15, 0.2) is 0 Å². The molecule has 0 atom stereocenters. The van der Waals surface area contributed by atoms with Crippen molar-refractivity contribution in [1.82, 2.24) is 15.5 Å². The van der Waals surface area contributed by atoms with Gasteiger partial charge in [0.2, 0.25) is 0 Å². The molecule has 0 aliphatic carbocycles. The number of nitrogens with zero attached hydrogens (tertiary/aromatic N) is 1. The van der Waals surface area contributed by atoms with Crippen molar-refractivity contribution < 1.29 is 4.74 Å². The fraction of sp³-hybridized carbons (Fsp3) is 0.400. The van der Waals surface area contributed by atoms with E-state index in [1.54, 1.807) is 7.11 Å². The van der Waals surface area contributed by atoms with E-state index in [0.717, 1.165) is 36.2 Å². The van der Waals surface area contributed by atoms with Crippen LogP contribution in [0.5, 0.6) is 5.75 Å². The second-order valence-electron chi connectivity index (χ2n) is 4.76. The van der Waals surface area contributed by atoms with Crippen LogP contribution >= 0.6 is 15.9 Å². The van der Waals surface area contributed by atoms with Crippen molar-refractivity contribution in [2.45, 2.75) is 26.3 Å². The smallest absolute Gasteiger partial charge is 0.119 e. The maximum Gasteiger partial charge on any atom is 0.119 e. The summed E-state index contributed by atoms with van der Waals surface area (Å²) in [5.74, 6) is 0.888. The van der Waals surface area contributed by atoms with Gasteiger partial charge in [0, 0.05) is 16.7 Å². The Bertz CT molecular complexity index is 554. The summed E-state index contributed by atoms with van der Waals surface area (Å²) in [4.78, 5) is 0. The summed E-state index contributed by atoms with van der Waals surface area (Å²) in [6, 6.07) is 6.03. The van der Waals surface area contributed by atoms with Crippen LogP contribution in [0.25, 0.3) is 0 Å². The Morgan fingerprint density at radius 2 is 2.20 bits per heavy atom. The molecule has 0 amide bonds. The number of rotatable bonds is 7. The molecule has 2 rings (SSSR count). The minimum Gasteiger partial charge on any atom is -0.497 e. The molecule has 0 spiro atoms. The van der Waals surface area contributed by atoms with Crippen LogP contribution in [0.4, 0.5) is 0 Å². The number of aromatic amines is 1. The molecule has 0 saturated carbocycles. The van der Waals surface area contributed by atoms with E-state index < -0.39 is 0 Å². The number of methoxy groups -OCH3 is 1. The molecule has 1 aromatic carbocycles. The highest BCUT2D eigenvalue weighted by Crippen LogP contribution is 2.22. The Balaban J connectivity index is 1.74. The first-order valence-corrected chi connectivity index (χ1v) is 7.52. The van der Waals surface area contributed by atoms with E-state index in [4.69, 9.17) is 4.74 Å². The molecule has 4 nitrogen and oxygen atoms in total. The zero-order valence-corrected chi connectivity index (χ0v) is 13.5. The lowest BCUT2D eigenvalue weighted by molar-refractivity contribution is 0.414. The van der Waals surface area contributed by atoms with Gasteiger partial charge in [-0.2, -0.15) is 5.10 Å². The lowest BCUT2D eigenvalue weighted by Gasteiger charge is -2.09. The number of hydrogen-bond acceptors (Lipinski definition) is 3. The summed E-state index contributed by atoms with van der Waals surface area (Å²) in [5.41, 5.74) is 3.68. The predicted molar refractivity (Wildman–Crippen MR) is 84.0 cm³/mol. The molecule has 5 heteroatoms. The maximum atomic E-state index is 5.24. The lowest BCUT2D eigenvalue weighted by Crippen LogP contribution is -2.15. The van der Waals surface area contributed by atoms with Crippen molar-refractivity contribution in [3.8, 4) is 5.75 Å². The highest BCUT2D eigenvalue weighted by atomic mass is 79.9. The average molecular weight is 338 g/mol. The third kappa shape index (κ3) is 4.08. The van der Waals surface area contributed by atoms with E-state index in [1.165, 1.54) is 16.8 Å². The molecule has 0 aliphatic heterocycles. The largest absolute Gasteiger partial charge is 0.497 e. The Hall–Kier alpha value is -1.33. The molecule has 1 aromatic heterocycles. The summed E-state index contributed by atoms with van der Waals surface area (Å²) in [7, 11) is 1.69. The van der Waals surface area contributed by atoms with Crippen molar-refractivity contribution in [1.29, 1.82) is 0 Å². The normalized spacial score (nSPS) is 10.8. The van der Waals surface area contributed by atoms with Crippen molar-refractivity contribution in [3.63, 3.8) is 0 Å². The maximum absolute atomic E-state index is 5.24. The summed E-state index contributed by atoms with van der Waals surface area (Å²) < 4.78 is 6.35. The van der Waals surface area contributed by atoms with Crippen LogP contribution in [-0.4, -0.2) is 23.9 Å². The third-order valence-corrected chi connectivity index (χ3v) is 4.08. The number of hydrogen-bond donors (Lipinski definition) is 2. The van der Waals surface area contributed by atoms with Gasteiger partial charge in [0.25, 0.3) is 0 Å². The van der Waals surface area contributed by atoms with Gasteiger partial charge in [-0.25, -0.2) is 0 Å². The molecular formula is C15H20BrN3O. The summed E-state index contributed by atoms with van der Waals surface area (Å²) in [6.45, 7) is 3.87. The van der Waals surface area contributed by atoms with Crippen molar-refractivity contribution in [2.24, 2.45) is 0 Å². The van der Waals surface area contributed by atoms with Crippen molar-refractivity contribution >= 4 is 15.9 Å². The van der Waals surface area contributed by atoms with Crippen LogP contribution in [0.15, 0.2) is 28.9 Å². The minimum atomic E-state index is 0.835. The Morgan fingerprint density at radius 3 is 2.90 bits per heavy atom. The SMILES string of the molecule is COc1ccc(Br)c(CNCCCc2cn[nH]c2C)c1. The average Bonchev–Trinajstić information content (AvgIpc) is 2.86. The third-order valence-electron chi connectivity index (χ3n) is 3.30. The topological polar surface area (TPSA) is 49.9 Å². The first kappa shape index (κ1) is 15.1. The lowest BCUT2D eigenvalue weighted by atomic mass is 10.1. The standard InChI is InChI=1S/C15H20BrN3O/c1-11-12(10-18-19-11)4-3-7-17-9-13-8-14(20-2)5-6-15(13)16/h5-6,8,10,17H,3-4,7,9H2,1-2H3,(H,18,19). The van der Waals surface area contributed by atoms with E-state index in [0.29, 0.717) is 0 Å². The molecule has 2 N–H and O–H groups in total. The number of nitrogens with one attached hydrogen (secondary N) is 2.